The first-order valence-corrected chi connectivity index (χ1v) is 8.57. The number of carboxylic acids is 1. The van der Waals surface area contributed by atoms with Crippen molar-refractivity contribution < 1.29 is 23.2 Å². The van der Waals surface area contributed by atoms with Gasteiger partial charge in [0.25, 0.3) is 5.69 Å². The van der Waals surface area contributed by atoms with Crippen molar-refractivity contribution in [3.8, 4) is 0 Å². The molecule has 1 aromatic carbocycles. The molecular weight excluding hydrogens is 348 g/mol. The highest BCUT2D eigenvalue weighted by Gasteiger charge is 2.28. The van der Waals surface area contributed by atoms with E-state index in [-0.39, 0.29) is 23.9 Å². The van der Waals surface area contributed by atoms with Crippen molar-refractivity contribution >= 4 is 33.3 Å². The summed E-state index contributed by atoms with van der Waals surface area (Å²) in [7, 11) is -4.26. The number of benzene rings is 1. The van der Waals surface area contributed by atoms with Crippen molar-refractivity contribution in [2.75, 3.05) is 6.54 Å². The molecule has 1 aromatic rings. The first kappa shape index (κ1) is 19.3. The molecule has 1 unspecified atom stereocenters. The highest BCUT2D eigenvalue weighted by atomic mass is 35.5. The lowest BCUT2D eigenvalue weighted by Crippen LogP contribution is -2.34. The molecule has 0 aromatic heterocycles. The number of nitrogens with one attached hydrogen (secondary N) is 1. The summed E-state index contributed by atoms with van der Waals surface area (Å²) in [5, 5.41) is 20.1. The molecule has 1 atom stereocenters. The van der Waals surface area contributed by atoms with Crippen LogP contribution in [-0.2, 0) is 14.8 Å². The molecule has 0 bridgehead atoms. The van der Waals surface area contributed by atoms with Gasteiger partial charge in [0, 0.05) is 17.6 Å². The Balaban J connectivity index is 3.06. The van der Waals surface area contributed by atoms with E-state index >= 15 is 0 Å². The van der Waals surface area contributed by atoms with Crippen LogP contribution < -0.4 is 4.72 Å². The number of carboxylic acid groups (broad SMARTS) is 1. The van der Waals surface area contributed by atoms with Gasteiger partial charge in [-0.25, -0.2) is 13.1 Å². The largest absolute Gasteiger partial charge is 0.481 e. The second kappa shape index (κ2) is 7.71. The molecule has 0 radical (unpaired) electrons. The van der Waals surface area contributed by atoms with Gasteiger partial charge in [-0.15, -0.1) is 0 Å². The third-order valence-electron chi connectivity index (χ3n) is 3.03. The molecule has 0 spiro atoms. The zero-order valence-electron chi connectivity index (χ0n) is 12.5. The molecule has 0 amide bonds. The van der Waals surface area contributed by atoms with Crippen LogP contribution in [0.5, 0.6) is 0 Å². The van der Waals surface area contributed by atoms with Gasteiger partial charge >= 0.3 is 5.97 Å². The molecule has 0 aliphatic rings. The predicted octanol–water partition coefficient (Wildman–Crippen LogP) is 2.27. The Morgan fingerprint density at radius 1 is 1.43 bits per heavy atom. The normalized spacial score (nSPS) is 13.0. The molecule has 8 nitrogen and oxygen atoms in total. The van der Waals surface area contributed by atoms with Crippen molar-refractivity contribution in [2.45, 2.75) is 25.2 Å². The fraction of sp³-hybridized carbons (Fsp3) is 0.462. The number of aliphatic carboxylic acids is 1. The number of hydrogen-bond donors (Lipinski definition) is 2. The fourth-order valence-electron chi connectivity index (χ4n) is 1.98. The Kier molecular flexibility index (Phi) is 6.48. The van der Waals surface area contributed by atoms with Crippen LogP contribution in [0.1, 0.15) is 20.3 Å². The quantitative estimate of drug-likeness (QED) is 0.538. The summed E-state index contributed by atoms with van der Waals surface area (Å²) in [6, 6.07) is 3.15. The van der Waals surface area contributed by atoms with Crippen LogP contribution in [0.4, 0.5) is 5.69 Å². The molecule has 2 N–H and O–H groups in total. The number of rotatable bonds is 8. The monoisotopic (exact) mass is 364 g/mol. The average molecular weight is 365 g/mol. The SMILES string of the molecule is CC(C)CC(CNS(=O)(=O)c1cc(Cl)ccc1[N+](=O)[O-])C(=O)O. The Labute approximate surface area is 138 Å². The lowest BCUT2D eigenvalue weighted by molar-refractivity contribution is -0.387. The molecule has 128 valence electrons. The van der Waals surface area contributed by atoms with Crippen molar-refractivity contribution in [1.29, 1.82) is 0 Å². The van der Waals surface area contributed by atoms with Gasteiger partial charge < -0.3 is 5.11 Å². The number of hydrogen-bond acceptors (Lipinski definition) is 5. The summed E-state index contributed by atoms with van der Waals surface area (Å²) in [5.41, 5.74) is -0.627. The van der Waals surface area contributed by atoms with Crippen LogP contribution in [0.25, 0.3) is 0 Å². The van der Waals surface area contributed by atoms with Crippen LogP contribution in [0.3, 0.4) is 0 Å². The summed E-state index contributed by atoms with van der Waals surface area (Å²) >= 11 is 5.70. The molecular formula is C13H17ClN2O6S. The van der Waals surface area contributed by atoms with Gasteiger partial charge in [-0.05, 0) is 24.5 Å². The van der Waals surface area contributed by atoms with Gasteiger partial charge in [0.05, 0.1) is 10.8 Å². The van der Waals surface area contributed by atoms with Crippen LogP contribution in [-0.4, -0.2) is 31.0 Å². The van der Waals surface area contributed by atoms with Crippen molar-refractivity contribution in [3.05, 3.63) is 33.3 Å². The number of carbonyl (C=O) groups is 1. The Morgan fingerprint density at radius 2 is 2.04 bits per heavy atom. The Hall–Kier alpha value is -1.71. The van der Waals surface area contributed by atoms with Gasteiger partial charge in [-0.1, -0.05) is 25.4 Å². The molecule has 1 rings (SSSR count). The van der Waals surface area contributed by atoms with E-state index < -0.39 is 37.4 Å². The Bertz CT molecular complexity index is 704. The first-order valence-electron chi connectivity index (χ1n) is 6.71. The minimum absolute atomic E-state index is 0.0212. The highest BCUT2D eigenvalue weighted by molar-refractivity contribution is 7.89. The first-order chi connectivity index (χ1) is 10.5. The number of nitrogens with zero attached hydrogens (tertiary/aromatic N) is 1. The van der Waals surface area contributed by atoms with Gasteiger partial charge in [-0.3, -0.25) is 14.9 Å². The van der Waals surface area contributed by atoms with E-state index in [0.717, 1.165) is 12.1 Å². The van der Waals surface area contributed by atoms with Crippen molar-refractivity contribution in [2.24, 2.45) is 11.8 Å². The number of halogens is 1. The summed E-state index contributed by atoms with van der Waals surface area (Å²) in [6.07, 6.45) is 0.273. The summed E-state index contributed by atoms with van der Waals surface area (Å²) < 4.78 is 26.6. The topological polar surface area (TPSA) is 127 Å². The molecule has 0 aliphatic heterocycles. The highest BCUT2D eigenvalue weighted by Crippen LogP contribution is 2.27. The summed E-state index contributed by atoms with van der Waals surface area (Å²) in [4.78, 5) is 20.7. The van der Waals surface area contributed by atoms with E-state index in [4.69, 9.17) is 16.7 Å². The number of nitro groups is 1. The van der Waals surface area contributed by atoms with E-state index in [1.165, 1.54) is 6.07 Å². The lowest BCUT2D eigenvalue weighted by atomic mass is 9.98. The van der Waals surface area contributed by atoms with Gasteiger partial charge in [0.2, 0.25) is 10.0 Å². The minimum Gasteiger partial charge on any atom is -0.481 e. The van der Waals surface area contributed by atoms with E-state index in [1.54, 1.807) is 0 Å². The van der Waals surface area contributed by atoms with Crippen molar-refractivity contribution in [3.63, 3.8) is 0 Å². The van der Waals surface area contributed by atoms with E-state index in [1.807, 2.05) is 13.8 Å². The molecule has 23 heavy (non-hydrogen) atoms. The van der Waals surface area contributed by atoms with Gasteiger partial charge in [0.15, 0.2) is 4.90 Å². The average Bonchev–Trinajstić information content (AvgIpc) is 2.42. The smallest absolute Gasteiger partial charge is 0.307 e. The summed E-state index contributed by atoms with van der Waals surface area (Å²) in [6.45, 7) is 3.26. The van der Waals surface area contributed by atoms with Crippen LogP contribution in [0, 0.1) is 22.0 Å². The molecule has 10 heteroatoms. The summed E-state index contributed by atoms with van der Waals surface area (Å²) in [5.74, 6) is -2.01. The number of nitro benzene ring substituents is 1. The molecule has 0 aliphatic carbocycles. The van der Waals surface area contributed by atoms with Crippen LogP contribution in [0.15, 0.2) is 23.1 Å². The minimum atomic E-state index is -4.26. The van der Waals surface area contributed by atoms with E-state index in [9.17, 15) is 23.3 Å². The fourth-order valence-corrected chi connectivity index (χ4v) is 3.50. The zero-order chi connectivity index (χ0) is 17.8. The third kappa shape index (κ3) is 5.45. The van der Waals surface area contributed by atoms with Crippen LogP contribution >= 0.6 is 11.6 Å². The van der Waals surface area contributed by atoms with Crippen molar-refractivity contribution in [1.82, 2.24) is 4.72 Å². The second-order valence-corrected chi connectivity index (χ2v) is 7.56. The third-order valence-corrected chi connectivity index (χ3v) is 4.72. The zero-order valence-corrected chi connectivity index (χ0v) is 14.1. The molecule has 0 heterocycles. The maximum atomic E-state index is 12.3. The van der Waals surface area contributed by atoms with Gasteiger partial charge in [0.1, 0.15) is 0 Å². The maximum Gasteiger partial charge on any atom is 0.307 e. The van der Waals surface area contributed by atoms with E-state index in [0.29, 0.717) is 0 Å². The number of sulfonamides is 1. The molecule has 0 saturated carbocycles. The maximum absolute atomic E-state index is 12.3. The van der Waals surface area contributed by atoms with Gasteiger partial charge in [-0.2, -0.15) is 0 Å². The Morgan fingerprint density at radius 3 is 2.52 bits per heavy atom. The van der Waals surface area contributed by atoms with E-state index in [2.05, 4.69) is 4.72 Å². The molecule has 0 saturated heterocycles. The predicted molar refractivity (Wildman–Crippen MR) is 83.9 cm³/mol. The standard InChI is InChI=1S/C13H17ClN2O6S/c1-8(2)5-9(13(17)18)7-15-23(21,22)12-6-10(14)3-4-11(12)16(19)20/h3-4,6,8-9,15H,5,7H2,1-2H3,(H,17,18). The second-order valence-electron chi connectivity index (χ2n) is 5.39. The lowest BCUT2D eigenvalue weighted by Gasteiger charge is -2.15. The van der Waals surface area contributed by atoms with Crippen LogP contribution in [0.2, 0.25) is 5.02 Å². The molecule has 0 fully saturated rings.